The van der Waals surface area contributed by atoms with Crippen molar-refractivity contribution in [3.05, 3.63) is 127 Å². The number of nitrogens with one attached hydrogen (secondary N) is 1. The van der Waals surface area contributed by atoms with Gasteiger partial charge in [-0.05, 0) is 59.7 Å². The molecule has 1 N–H and O–H groups in total. The fraction of sp³-hybridized carbons (Fsp3) is 0.0645. The Balaban J connectivity index is 1.40. The second-order valence-electron chi connectivity index (χ2n) is 9.53. The van der Waals surface area contributed by atoms with E-state index in [9.17, 15) is 34.6 Å². The molecule has 0 atom stereocenters. The van der Waals surface area contributed by atoms with Crippen molar-refractivity contribution >= 4 is 52.6 Å². The smallest absolute Gasteiger partial charge is 0.335 e. The second-order valence-corrected chi connectivity index (χ2v) is 9.94. The Morgan fingerprint density at radius 2 is 1.61 bits per heavy atom. The lowest BCUT2D eigenvalue weighted by molar-refractivity contribution is -0.394. The molecule has 1 aliphatic heterocycles. The number of carbonyl (C=O) groups is 3. The van der Waals surface area contributed by atoms with Gasteiger partial charge in [0.15, 0.2) is 11.5 Å². The number of barbiturate groups is 1. The molecule has 232 valence electrons. The average molecular weight is 645 g/mol. The van der Waals surface area contributed by atoms with Crippen molar-refractivity contribution in [2.75, 3.05) is 12.0 Å². The van der Waals surface area contributed by atoms with Crippen LogP contribution in [0.25, 0.3) is 6.08 Å². The Bertz CT molecular complexity index is 1910. The number of amides is 4. The van der Waals surface area contributed by atoms with E-state index < -0.39 is 44.6 Å². The fourth-order valence-corrected chi connectivity index (χ4v) is 4.63. The van der Waals surface area contributed by atoms with Gasteiger partial charge in [-0.2, -0.15) is 0 Å². The molecule has 15 heteroatoms. The van der Waals surface area contributed by atoms with Crippen molar-refractivity contribution in [2.24, 2.45) is 0 Å². The molecule has 46 heavy (non-hydrogen) atoms. The van der Waals surface area contributed by atoms with E-state index in [2.05, 4.69) is 5.32 Å². The highest BCUT2D eigenvalue weighted by molar-refractivity contribution is 6.39. The number of ether oxygens (including phenoxy) is 3. The molecule has 4 amide bonds. The third-order valence-electron chi connectivity index (χ3n) is 6.57. The molecular weight excluding hydrogens is 624 g/mol. The molecule has 1 saturated heterocycles. The van der Waals surface area contributed by atoms with Crippen LogP contribution in [0.1, 0.15) is 11.1 Å². The number of benzene rings is 4. The van der Waals surface area contributed by atoms with Crippen LogP contribution < -0.4 is 24.4 Å². The van der Waals surface area contributed by atoms with Crippen molar-refractivity contribution in [3.63, 3.8) is 0 Å². The maximum atomic E-state index is 13.4. The van der Waals surface area contributed by atoms with E-state index >= 15 is 0 Å². The predicted octanol–water partition coefficient (Wildman–Crippen LogP) is 6.20. The summed E-state index contributed by atoms with van der Waals surface area (Å²) in [6.45, 7) is 0.311. The van der Waals surface area contributed by atoms with Gasteiger partial charge in [-0.15, -0.1) is 0 Å². The van der Waals surface area contributed by atoms with E-state index in [1.165, 1.54) is 37.5 Å². The first-order chi connectivity index (χ1) is 22.0. The molecule has 5 rings (SSSR count). The number of urea groups is 1. The molecule has 0 radical (unpaired) electrons. The van der Waals surface area contributed by atoms with Crippen molar-refractivity contribution in [3.8, 4) is 23.0 Å². The summed E-state index contributed by atoms with van der Waals surface area (Å²) in [5.41, 5.74) is -0.295. The van der Waals surface area contributed by atoms with Crippen molar-refractivity contribution in [2.45, 2.75) is 6.61 Å². The number of hydrogen-bond acceptors (Lipinski definition) is 10. The summed E-state index contributed by atoms with van der Waals surface area (Å²) in [6, 6.07) is 20.1. The Morgan fingerprint density at radius 3 is 2.26 bits per heavy atom. The first-order valence-electron chi connectivity index (χ1n) is 13.2. The van der Waals surface area contributed by atoms with Crippen LogP contribution in [-0.2, 0) is 16.2 Å². The Labute approximate surface area is 264 Å². The van der Waals surface area contributed by atoms with Crippen LogP contribution in [0.4, 0.5) is 21.9 Å². The van der Waals surface area contributed by atoms with Gasteiger partial charge < -0.3 is 14.2 Å². The minimum Gasteiger partial charge on any atom is -0.493 e. The van der Waals surface area contributed by atoms with E-state index in [4.69, 9.17) is 25.8 Å². The number of carbonyl (C=O) groups excluding carboxylic acids is 3. The molecule has 0 saturated carbocycles. The predicted molar refractivity (Wildman–Crippen MR) is 164 cm³/mol. The van der Waals surface area contributed by atoms with E-state index in [0.717, 1.165) is 28.7 Å². The summed E-state index contributed by atoms with van der Waals surface area (Å²) in [7, 11) is 1.26. The highest BCUT2D eigenvalue weighted by atomic mass is 35.5. The molecule has 4 aromatic rings. The number of rotatable bonds is 10. The minimum absolute atomic E-state index is 0.0466. The Hall–Kier alpha value is -6.28. The number of methoxy groups -OCH3 is 1. The number of hydrogen-bond donors (Lipinski definition) is 1. The van der Waals surface area contributed by atoms with Crippen LogP contribution in [0.3, 0.4) is 0 Å². The summed E-state index contributed by atoms with van der Waals surface area (Å²) in [4.78, 5) is 60.6. The minimum atomic E-state index is -0.953. The zero-order valence-corrected chi connectivity index (χ0v) is 24.4. The standard InChI is InChI=1S/C31H21ClN4O10/c1-44-27-15-19(14-24(32)28(27)46-26-12-9-21(35(40)41)16-25(26)36(42)43)13-23-29(37)33-31(39)34(30(23)38)20-7-10-22(11-8-20)45-17-18-5-3-2-4-6-18/h2-16H,17H2,1H3,(H,33,37,39)/b23-13+. The Morgan fingerprint density at radius 1 is 0.891 bits per heavy atom. The summed E-state index contributed by atoms with van der Waals surface area (Å²) < 4.78 is 16.7. The van der Waals surface area contributed by atoms with Crippen molar-refractivity contribution in [1.82, 2.24) is 5.32 Å². The summed E-state index contributed by atoms with van der Waals surface area (Å²) in [6.07, 6.45) is 1.18. The van der Waals surface area contributed by atoms with E-state index in [1.807, 2.05) is 30.3 Å². The summed E-state index contributed by atoms with van der Waals surface area (Å²) in [5.74, 6) is -1.94. The molecular formula is C31H21ClN4O10. The number of nitro groups is 2. The molecule has 1 aliphatic rings. The number of imide groups is 2. The molecule has 0 aliphatic carbocycles. The van der Waals surface area contributed by atoms with Crippen molar-refractivity contribution < 1.29 is 38.4 Å². The highest BCUT2D eigenvalue weighted by Crippen LogP contribution is 2.43. The van der Waals surface area contributed by atoms with E-state index in [-0.39, 0.29) is 33.5 Å². The van der Waals surface area contributed by atoms with Crippen LogP contribution in [0, 0.1) is 20.2 Å². The maximum Gasteiger partial charge on any atom is 0.335 e. The highest BCUT2D eigenvalue weighted by Gasteiger charge is 2.37. The zero-order chi connectivity index (χ0) is 33.0. The second kappa shape index (κ2) is 13.2. The number of nitro benzene ring substituents is 2. The summed E-state index contributed by atoms with van der Waals surface area (Å²) >= 11 is 6.42. The molecule has 1 fully saturated rings. The van der Waals surface area contributed by atoms with Crippen LogP contribution in [-0.4, -0.2) is 34.8 Å². The van der Waals surface area contributed by atoms with Gasteiger partial charge in [-0.1, -0.05) is 41.9 Å². The Kier molecular flexibility index (Phi) is 8.91. The van der Waals surface area contributed by atoms with Crippen molar-refractivity contribution in [1.29, 1.82) is 0 Å². The number of halogens is 1. The van der Waals surface area contributed by atoms with Crippen LogP contribution in [0.5, 0.6) is 23.0 Å². The monoisotopic (exact) mass is 644 g/mol. The molecule has 1 heterocycles. The molecule has 14 nitrogen and oxygen atoms in total. The van der Waals surface area contributed by atoms with Gasteiger partial charge in [-0.25, -0.2) is 9.69 Å². The lowest BCUT2D eigenvalue weighted by Crippen LogP contribution is -2.54. The van der Waals surface area contributed by atoms with Gasteiger partial charge in [0.25, 0.3) is 17.5 Å². The number of nitrogens with zero attached hydrogens (tertiary/aromatic N) is 3. The van der Waals surface area contributed by atoms with Gasteiger partial charge in [0, 0.05) is 6.07 Å². The van der Waals surface area contributed by atoms with Gasteiger partial charge in [0.2, 0.25) is 5.75 Å². The van der Waals surface area contributed by atoms with Gasteiger partial charge in [-0.3, -0.25) is 35.1 Å². The van der Waals surface area contributed by atoms with Gasteiger partial charge >= 0.3 is 11.7 Å². The number of non-ortho nitro benzene ring substituents is 1. The third-order valence-corrected chi connectivity index (χ3v) is 6.85. The molecule has 0 unspecified atom stereocenters. The number of anilines is 1. The van der Waals surface area contributed by atoms with E-state index in [0.29, 0.717) is 12.4 Å². The normalized spacial score (nSPS) is 13.7. The first kappa shape index (κ1) is 31.2. The molecule has 0 aromatic heterocycles. The summed E-state index contributed by atoms with van der Waals surface area (Å²) in [5, 5.41) is 24.6. The lowest BCUT2D eigenvalue weighted by atomic mass is 10.1. The lowest BCUT2D eigenvalue weighted by Gasteiger charge is -2.26. The van der Waals surface area contributed by atoms with Crippen LogP contribution in [0.2, 0.25) is 5.02 Å². The van der Waals surface area contributed by atoms with Crippen LogP contribution in [0.15, 0.2) is 90.5 Å². The fourth-order valence-electron chi connectivity index (χ4n) is 4.37. The van der Waals surface area contributed by atoms with Gasteiger partial charge in [0.05, 0.1) is 33.7 Å². The maximum absolute atomic E-state index is 13.4. The molecule has 0 spiro atoms. The molecule has 0 bridgehead atoms. The quantitative estimate of drug-likeness (QED) is 0.0903. The largest absolute Gasteiger partial charge is 0.493 e. The third kappa shape index (κ3) is 6.61. The SMILES string of the molecule is COc1cc(/C=C2\C(=O)NC(=O)N(c3ccc(OCc4ccccc4)cc3)C2=O)cc(Cl)c1Oc1ccc([N+](=O)[O-])cc1[N+](=O)[O-]. The topological polar surface area (TPSA) is 180 Å². The molecule has 4 aromatic carbocycles. The van der Waals surface area contributed by atoms with Crippen LogP contribution >= 0.6 is 11.6 Å². The first-order valence-corrected chi connectivity index (χ1v) is 13.6. The average Bonchev–Trinajstić information content (AvgIpc) is 3.04. The van der Waals surface area contributed by atoms with E-state index in [1.54, 1.807) is 12.1 Å². The van der Waals surface area contributed by atoms with Gasteiger partial charge in [0.1, 0.15) is 17.9 Å². The zero-order valence-electron chi connectivity index (χ0n) is 23.7.